The first kappa shape index (κ1) is 19.9. The van der Waals surface area contributed by atoms with Crippen molar-refractivity contribution in [2.24, 2.45) is 10.9 Å². The Labute approximate surface area is 173 Å². The minimum absolute atomic E-state index is 0.0330. The minimum Gasteiger partial charge on any atom is -0.330 e. The number of hydrogen-bond donors (Lipinski definition) is 0. The molecule has 0 aliphatic carbocycles. The third kappa shape index (κ3) is 3.51. The van der Waals surface area contributed by atoms with E-state index in [0.717, 1.165) is 5.71 Å². The smallest absolute Gasteiger partial charge is 0.330 e. The van der Waals surface area contributed by atoms with Gasteiger partial charge in [-0.3, -0.25) is 19.4 Å². The van der Waals surface area contributed by atoms with E-state index in [1.807, 2.05) is 0 Å². The van der Waals surface area contributed by atoms with Crippen LogP contribution in [0.2, 0.25) is 0 Å². The van der Waals surface area contributed by atoms with E-state index in [2.05, 4.69) is 9.57 Å². The highest BCUT2D eigenvalue weighted by molar-refractivity contribution is 6.30. The Bertz CT molecular complexity index is 988. The summed E-state index contributed by atoms with van der Waals surface area (Å²) in [4.78, 5) is 46.5. The van der Waals surface area contributed by atoms with Gasteiger partial charge in [0.15, 0.2) is 24.7 Å². The van der Waals surface area contributed by atoms with E-state index >= 15 is 0 Å². The molecule has 1 aromatic rings. The van der Waals surface area contributed by atoms with Crippen molar-refractivity contribution < 1.29 is 23.3 Å². The molecule has 8 nitrogen and oxygen atoms in total. The lowest BCUT2D eigenvalue weighted by Gasteiger charge is -2.38. The van der Waals surface area contributed by atoms with E-state index in [0.29, 0.717) is 37.6 Å². The van der Waals surface area contributed by atoms with Crippen LogP contribution in [-0.4, -0.2) is 81.9 Å². The van der Waals surface area contributed by atoms with Crippen molar-refractivity contribution in [2.45, 2.75) is 13.5 Å². The number of urea groups is 1. The quantitative estimate of drug-likeness (QED) is 0.682. The summed E-state index contributed by atoms with van der Waals surface area (Å²) in [5.41, 5.74) is 1.44. The van der Waals surface area contributed by atoms with Crippen LogP contribution in [0.1, 0.15) is 12.5 Å². The summed E-state index contributed by atoms with van der Waals surface area (Å²) in [6.07, 6.45) is 3.40. The summed E-state index contributed by atoms with van der Waals surface area (Å²) < 4.78 is 15.3. The summed E-state index contributed by atoms with van der Waals surface area (Å²) in [7, 11) is 1.60. The molecule has 0 saturated carbocycles. The van der Waals surface area contributed by atoms with Crippen LogP contribution >= 0.6 is 0 Å². The zero-order valence-corrected chi connectivity index (χ0v) is 16.9. The molecule has 1 aromatic carbocycles. The first-order valence-electron chi connectivity index (χ1n) is 9.82. The second-order valence-electron chi connectivity index (χ2n) is 7.55. The van der Waals surface area contributed by atoms with Gasteiger partial charge in [-0.05, 0) is 17.7 Å². The van der Waals surface area contributed by atoms with Gasteiger partial charge in [0, 0.05) is 26.2 Å². The molecule has 9 heteroatoms. The van der Waals surface area contributed by atoms with Crippen LogP contribution < -0.4 is 0 Å². The molecule has 1 atom stereocenters. The summed E-state index contributed by atoms with van der Waals surface area (Å²) in [6, 6.07) is 5.27. The lowest BCUT2D eigenvalue weighted by molar-refractivity contribution is -0.538. The zero-order chi connectivity index (χ0) is 21.4. The number of benzene rings is 1. The largest absolute Gasteiger partial charge is 0.332 e. The Morgan fingerprint density at radius 2 is 1.87 bits per heavy atom. The van der Waals surface area contributed by atoms with Gasteiger partial charge < -0.3 is 4.90 Å². The van der Waals surface area contributed by atoms with Crippen molar-refractivity contribution in [3.05, 3.63) is 47.9 Å². The number of rotatable bonds is 2. The first-order chi connectivity index (χ1) is 14.4. The molecule has 0 radical (unpaired) electrons. The highest BCUT2D eigenvalue weighted by Gasteiger charge is 2.48. The van der Waals surface area contributed by atoms with Gasteiger partial charge in [-0.15, -0.1) is 0 Å². The summed E-state index contributed by atoms with van der Waals surface area (Å²) >= 11 is 0. The van der Waals surface area contributed by atoms with E-state index < -0.39 is 11.9 Å². The van der Waals surface area contributed by atoms with Gasteiger partial charge in [-0.25, -0.2) is 18.8 Å². The second kappa shape index (κ2) is 7.81. The fraction of sp³-hybridized carbons (Fsp3) is 0.381. The van der Waals surface area contributed by atoms with Crippen molar-refractivity contribution in [3.63, 3.8) is 0 Å². The maximum absolute atomic E-state index is 13.4. The lowest BCUT2D eigenvalue weighted by Crippen LogP contribution is -2.61. The van der Waals surface area contributed by atoms with Gasteiger partial charge in [0.2, 0.25) is 5.91 Å². The number of nitrogens with zero attached hydrogens (tertiary/aromatic N) is 5. The number of fused-ring (bicyclic) bond motifs is 1. The van der Waals surface area contributed by atoms with Crippen LogP contribution in [0.4, 0.5) is 9.18 Å². The van der Waals surface area contributed by atoms with E-state index in [-0.39, 0.29) is 24.2 Å². The predicted octanol–water partition coefficient (Wildman–Crippen LogP) is 1.08. The SMILES string of the molecule is CC(=O)N1CC[N+](=C2C=CN=C3C2C(=O)N(Cc2ccc(F)cc2)C(=O)N3C)CC1. The van der Waals surface area contributed by atoms with Crippen molar-refractivity contribution >= 4 is 29.4 Å². The third-order valence-corrected chi connectivity index (χ3v) is 5.72. The molecule has 2 fully saturated rings. The van der Waals surface area contributed by atoms with E-state index in [1.54, 1.807) is 43.3 Å². The number of piperazine rings is 1. The molecule has 1 unspecified atom stereocenters. The predicted molar refractivity (Wildman–Crippen MR) is 107 cm³/mol. The molecular formula is C21H23FN5O3+. The minimum atomic E-state index is -0.693. The van der Waals surface area contributed by atoms with Crippen LogP contribution in [0.3, 0.4) is 0 Å². The number of aliphatic imine (C=N–C) groups is 1. The monoisotopic (exact) mass is 412 g/mol. The van der Waals surface area contributed by atoms with Gasteiger partial charge in [0.25, 0.3) is 5.91 Å². The van der Waals surface area contributed by atoms with Crippen LogP contribution in [-0.2, 0) is 16.1 Å². The van der Waals surface area contributed by atoms with Gasteiger partial charge in [0.1, 0.15) is 11.7 Å². The first-order valence-corrected chi connectivity index (χ1v) is 9.82. The Balaban J connectivity index is 1.64. The van der Waals surface area contributed by atoms with Gasteiger partial charge in [-0.2, -0.15) is 0 Å². The van der Waals surface area contributed by atoms with Crippen molar-refractivity contribution in [2.75, 3.05) is 33.2 Å². The van der Waals surface area contributed by atoms with Crippen molar-refractivity contribution in [1.29, 1.82) is 0 Å². The summed E-state index contributed by atoms with van der Waals surface area (Å²) in [5, 5.41) is 0. The lowest BCUT2D eigenvalue weighted by atomic mass is 9.94. The van der Waals surface area contributed by atoms with Crippen LogP contribution in [0.25, 0.3) is 0 Å². The molecule has 3 aliphatic heterocycles. The van der Waals surface area contributed by atoms with E-state index in [1.165, 1.54) is 21.9 Å². The third-order valence-electron chi connectivity index (χ3n) is 5.72. The van der Waals surface area contributed by atoms with Crippen LogP contribution in [0.15, 0.2) is 41.5 Å². The number of imide groups is 1. The summed E-state index contributed by atoms with van der Waals surface area (Å²) in [5.74, 6) is -0.992. The fourth-order valence-corrected chi connectivity index (χ4v) is 4.02. The number of carbonyl (C=O) groups is 3. The van der Waals surface area contributed by atoms with Crippen LogP contribution in [0, 0.1) is 11.7 Å². The van der Waals surface area contributed by atoms with Crippen molar-refractivity contribution in [3.8, 4) is 0 Å². The van der Waals surface area contributed by atoms with E-state index in [4.69, 9.17) is 0 Å². The van der Waals surface area contributed by atoms with Crippen LogP contribution in [0.5, 0.6) is 0 Å². The molecule has 3 heterocycles. The molecule has 156 valence electrons. The Hall–Kier alpha value is -3.36. The second-order valence-corrected chi connectivity index (χ2v) is 7.55. The van der Waals surface area contributed by atoms with Crippen molar-refractivity contribution in [1.82, 2.24) is 14.7 Å². The Kier molecular flexibility index (Phi) is 5.19. The molecule has 3 aliphatic rings. The van der Waals surface area contributed by atoms with Gasteiger partial charge >= 0.3 is 6.03 Å². The maximum Gasteiger partial charge on any atom is 0.332 e. The molecule has 2 saturated heterocycles. The average molecular weight is 412 g/mol. The fourth-order valence-electron chi connectivity index (χ4n) is 4.02. The zero-order valence-electron chi connectivity index (χ0n) is 16.9. The normalized spacial score (nSPS) is 21.8. The number of carbonyl (C=O) groups excluding carboxylic acids is 3. The number of amides is 4. The molecular weight excluding hydrogens is 389 g/mol. The molecule has 0 spiro atoms. The number of allylic oxidation sites excluding steroid dienone is 1. The molecule has 0 aromatic heterocycles. The Morgan fingerprint density at radius 1 is 1.20 bits per heavy atom. The van der Waals surface area contributed by atoms with Gasteiger partial charge in [-0.1, -0.05) is 12.1 Å². The summed E-state index contributed by atoms with van der Waals surface area (Å²) in [6.45, 7) is 3.97. The van der Waals surface area contributed by atoms with E-state index in [9.17, 15) is 18.8 Å². The molecule has 0 N–H and O–H groups in total. The Morgan fingerprint density at radius 3 is 2.50 bits per heavy atom. The van der Waals surface area contributed by atoms with Gasteiger partial charge in [0.05, 0.1) is 19.6 Å². The standard InChI is InChI=1S/C21H23FN5O3/c1-14(28)25-9-11-26(12-10-25)17-7-8-23-19-18(17)20(29)27(21(30)24(19)2)13-15-3-5-16(22)6-4-15/h3-8,18H,9-13H2,1-2H3/q+1. The molecule has 30 heavy (non-hydrogen) atoms. The molecule has 4 rings (SSSR count). The average Bonchev–Trinajstić information content (AvgIpc) is 2.76. The topological polar surface area (TPSA) is 76.3 Å². The maximum atomic E-state index is 13.4. The highest BCUT2D eigenvalue weighted by Crippen LogP contribution is 2.25. The highest BCUT2D eigenvalue weighted by atomic mass is 19.1. The number of amidine groups is 1. The number of halogens is 1. The number of hydrogen-bond acceptors (Lipinski definition) is 4. The molecule has 0 bridgehead atoms. The molecule has 4 amide bonds.